The van der Waals surface area contributed by atoms with Crippen LogP contribution in [-0.4, -0.2) is 99.7 Å². The molecule has 1 aromatic carbocycles. The molecule has 5 aromatic rings. The third-order valence-electron chi connectivity index (χ3n) is 9.11. The Kier molecular flexibility index (Phi) is 10.3. The van der Waals surface area contributed by atoms with Crippen LogP contribution < -0.4 is 14.8 Å². The molecule has 0 bridgehead atoms. The second-order valence-corrected chi connectivity index (χ2v) is 12.9. The fraction of sp³-hybridized carbons (Fsp3) is 0.485. The summed E-state index contributed by atoms with van der Waals surface area (Å²) in [6.07, 6.45) is 12.0. The van der Waals surface area contributed by atoms with Gasteiger partial charge in [0.15, 0.2) is 0 Å². The molecule has 5 heterocycles. The van der Waals surface area contributed by atoms with E-state index in [2.05, 4.69) is 40.5 Å². The Morgan fingerprint density at radius 2 is 1.90 bits per heavy atom. The number of nitrogens with zero attached hydrogens (tertiary/aromatic N) is 11. The molecular formula is C33H41ClN12O3. The Bertz CT molecular complexity index is 1800. The van der Waals surface area contributed by atoms with Gasteiger partial charge in [0, 0.05) is 56.3 Å². The number of benzene rings is 1. The average Bonchev–Trinajstić information content (AvgIpc) is 3.89. The minimum atomic E-state index is -0.221. The summed E-state index contributed by atoms with van der Waals surface area (Å²) in [4.78, 5) is 11.9. The molecule has 1 N–H and O–H groups in total. The number of anilines is 2. The van der Waals surface area contributed by atoms with Crippen molar-refractivity contribution >= 4 is 23.2 Å². The molecule has 1 aliphatic heterocycles. The van der Waals surface area contributed by atoms with Crippen LogP contribution in [0.1, 0.15) is 44.3 Å². The van der Waals surface area contributed by atoms with Crippen molar-refractivity contribution in [3.63, 3.8) is 0 Å². The van der Waals surface area contributed by atoms with Crippen molar-refractivity contribution in [2.45, 2.75) is 63.8 Å². The zero-order valence-corrected chi connectivity index (χ0v) is 28.5. The van der Waals surface area contributed by atoms with Gasteiger partial charge in [-0.2, -0.15) is 5.10 Å². The molecule has 0 amide bonds. The molecule has 2 aliphatic rings. The number of nitrogens with one attached hydrogen (secondary N) is 1. The van der Waals surface area contributed by atoms with Gasteiger partial charge in [0.25, 0.3) is 5.88 Å². The highest BCUT2D eigenvalue weighted by molar-refractivity contribution is 6.32. The molecule has 1 atom stereocenters. The number of aryl methyl sites for hydroxylation is 1. The molecule has 49 heavy (non-hydrogen) atoms. The number of ether oxygens (including phenoxy) is 3. The standard InChI is InChI=1S/C33H41ClN12O3/c1-23(20-45-22-36-41-42-45)49-31-19-24(3-8-28(31)34)29-10-12-35-33(38-29)39-30-21-46(40-32(30)48-16-11-25-9-13-37-43(25)2)27-6-4-26(5-7-27)44-14-17-47-18-15-44/h3,8-10,12-13,19,21-23,26-27H,4-7,11,14-18,20H2,1-2H3,(H,35,38,39)/t23-,26?,27?/m0/s1. The summed E-state index contributed by atoms with van der Waals surface area (Å²) in [6.45, 7) is 6.55. The van der Waals surface area contributed by atoms with Crippen LogP contribution in [0.15, 0.2) is 55.2 Å². The molecule has 1 saturated carbocycles. The molecule has 0 radical (unpaired) electrons. The number of aromatic nitrogens is 10. The quantitative estimate of drug-likeness (QED) is 0.187. The van der Waals surface area contributed by atoms with E-state index in [1.807, 2.05) is 49.1 Å². The van der Waals surface area contributed by atoms with E-state index in [1.54, 1.807) is 29.5 Å². The lowest BCUT2D eigenvalue weighted by Crippen LogP contribution is -2.45. The fourth-order valence-electron chi connectivity index (χ4n) is 6.52. The second kappa shape index (κ2) is 15.3. The van der Waals surface area contributed by atoms with Gasteiger partial charge in [0.05, 0.1) is 49.3 Å². The molecule has 15 nitrogen and oxygen atoms in total. The average molecular weight is 689 g/mol. The van der Waals surface area contributed by atoms with Crippen molar-refractivity contribution in [1.82, 2.24) is 54.6 Å². The lowest BCUT2D eigenvalue weighted by Gasteiger charge is -2.38. The predicted molar refractivity (Wildman–Crippen MR) is 182 cm³/mol. The van der Waals surface area contributed by atoms with Crippen LogP contribution in [-0.2, 0) is 24.8 Å². The van der Waals surface area contributed by atoms with Crippen molar-refractivity contribution in [3.8, 4) is 22.9 Å². The van der Waals surface area contributed by atoms with Crippen LogP contribution in [0.25, 0.3) is 11.3 Å². The van der Waals surface area contributed by atoms with E-state index in [4.69, 9.17) is 35.9 Å². The minimum absolute atomic E-state index is 0.221. The van der Waals surface area contributed by atoms with Gasteiger partial charge in [-0.05, 0) is 67.3 Å². The first-order valence-corrected chi connectivity index (χ1v) is 17.1. The van der Waals surface area contributed by atoms with Gasteiger partial charge in [-0.15, -0.1) is 10.2 Å². The first-order valence-electron chi connectivity index (χ1n) is 16.8. The van der Waals surface area contributed by atoms with Crippen molar-refractivity contribution in [2.24, 2.45) is 7.05 Å². The summed E-state index contributed by atoms with van der Waals surface area (Å²) >= 11 is 6.51. The van der Waals surface area contributed by atoms with Gasteiger partial charge < -0.3 is 19.5 Å². The summed E-state index contributed by atoms with van der Waals surface area (Å²) in [5.41, 5.74) is 3.34. The molecule has 258 valence electrons. The van der Waals surface area contributed by atoms with Gasteiger partial charge in [0.1, 0.15) is 23.9 Å². The Labute approximate surface area is 289 Å². The second-order valence-electron chi connectivity index (χ2n) is 12.5. The van der Waals surface area contributed by atoms with E-state index < -0.39 is 0 Å². The Hall–Kier alpha value is -4.60. The number of halogens is 1. The third kappa shape index (κ3) is 8.17. The summed E-state index contributed by atoms with van der Waals surface area (Å²) in [7, 11) is 1.93. The molecule has 2 fully saturated rings. The summed E-state index contributed by atoms with van der Waals surface area (Å²) in [6, 6.07) is 10.3. The Morgan fingerprint density at radius 3 is 2.67 bits per heavy atom. The Balaban J connectivity index is 1.07. The maximum absolute atomic E-state index is 6.51. The van der Waals surface area contributed by atoms with Gasteiger partial charge in [-0.25, -0.2) is 14.6 Å². The third-order valence-corrected chi connectivity index (χ3v) is 9.42. The molecule has 1 aliphatic carbocycles. The first kappa shape index (κ1) is 32.9. The molecular weight excluding hydrogens is 648 g/mol. The lowest BCUT2D eigenvalue weighted by molar-refractivity contribution is 0.00503. The van der Waals surface area contributed by atoms with Gasteiger partial charge >= 0.3 is 0 Å². The highest BCUT2D eigenvalue weighted by Gasteiger charge is 2.29. The number of morpholine rings is 1. The molecule has 1 saturated heterocycles. The molecule has 0 spiro atoms. The van der Waals surface area contributed by atoms with Gasteiger partial charge in [0.2, 0.25) is 5.95 Å². The maximum atomic E-state index is 6.51. The van der Waals surface area contributed by atoms with Crippen molar-refractivity contribution in [1.29, 1.82) is 0 Å². The zero-order valence-electron chi connectivity index (χ0n) is 27.7. The highest BCUT2D eigenvalue weighted by atomic mass is 35.5. The highest BCUT2D eigenvalue weighted by Crippen LogP contribution is 2.35. The molecule has 0 unspecified atom stereocenters. The largest absolute Gasteiger partial charge is 0.487 e. The number of hydrogen-bond donors (Lipinski definition) is 1. The molecule has 16 heteroatoms. The van der Waals surface area contributed by atoms with E-state index in [9.17, 15) is 0 Å². The summed E-state index contributed by atoms with van der Waals surface area (Å²) in [5, 5.41) is 24.4. The SMILES string of the molecule is C[C@@H](Cn1cnnn1)Oc1cc(-c2ccnc(Nc3cn(C4CCC(N5CCOCC5)CC4)nc3OCCc3ccnn3C)n2)ccc1Cl. The summed E-state index contributed by atoms with van der Waals surface area (Å²) in [5.74, 6) is 1.49. The van der Waals surface area contributed by atoms with Crippen LogP contribution in [0.3, 0.4) is 0 Å². The van der Waals surface area contributed by atoms with Crippen molar-refractivity contribution in [2.75, 3.05) is 38.2 Å². The smallest absolute Gasteiger partial charge is 0.256 e. The summed E-state index contributed by atoms with van der Waals surface area (Å²) < 4.78 is 23.5. The first-order chi connectivity index (χ1) is 24.0. The van der Waals surface area contributed by atoms with Crippen LogP contribution in [0.2, 0.25) is 5.02 Å². The zero-order chi connectivity index (χ0) is 33.6. The monoisotopic (exact) mass is 688 g/mol. The van der Waals surface area contributed by atoms with Gasteiger partial charge in [-0.1, -0.05) is 17.7 Å². The minimum Gasteiger partial charge on any atom is -0.487 e. The molecule has 4 aromatic heterocycles. The van der Waals surface area contributed by atoms with E-state index in [-0.39, 0.29) is 12.1 Å². The topological polar surface area (TPSA) is 148 Å². The van der Waals surface area contributed by atoms with Crippen LogP contribution in [0.4, 0.5) is 11.6 Å². The number of tetrazole rings is 1. The fourth-order valence-corrected chi connectivity index (χ4v) is 6.68. The predicted octanol–water partition coefficient (Wildman–Crippen LogP) is 4.36. The maximum Gasteiger partial charge on any atom is 0.256 e. The van der Waals surface area contributed by atoms with E-state index in [0.29, 0.717) is 59.6 Å². The van der Waals surface area contributed by atoms with Crippen LogP contribution >= 0.6 is 11.6 Å². The molecule has 7 rings (SSSR count). The van der Waals surface area contributed by atoms with Crippen LogP contribution in [0, 0.1) is 0 Å². The van der Waals surface area contributed by atoms with Crippen LogP contribution in [0.5, 0.6) is 11.6 Å². The van der Waals surface area contributed by atoms with E-state index >= 15 is 0 Å². The normalized spacial score (nSPS) is 19.1. The Morgan fingerprint density at radius 1 is 1.06 bits per heavy atom. The lowest BCUT2D eigenvalue weighted by atomic mass is 9.90. The van der Waals surface area contributed by atoms with Crippen molar-refractivity contribution < 1.29 is 14.2 Å². The van der Waals surface area contributed by atoms with Gasteiger partial charge in [-0.3, -0.25) is 14.3 Å². The van der Waals surface area contributed by atoms with E-state index in [0.717, 1.165) is 63.2 Å². The number of hydrogen-bond acceptors (Lipinski definition) is 12. The number of rotatable bonds is 13. The van der Waals surface area contributed by atoms with Crippen molar-refractivity contribution in [3.05, 3.63) is 66.0 Å². The van der Waals surface area contributed by atoms with E-state index in [1.165, 1.54) is 0 Å².